The van der Waals surface area contributed by atoms with E-state index < -0.39 is 0 Å². The van der Waals surface area contributed by atoms with E-state index >= 15 is 0 Å². The lowest BCUT2D eigenvalue weighted by molar-refractivity contribution is 0.0963. The fourth-order valence-electron chi connectivity index (χ4n) is 1.32. The predicted molar refractivity (Wildman–Crippen MR) is 77.2 cm³/mol. The van der Waals surface area contributed by atoms with Crippen molar-refractivity contribution in [1.82, 2.24) is 5.32 Å². The summed E-state index contributed by atoms with van der Waals surface area (Å²) in [6, 6.07) is 0. The lowest BCUT2D eigenvalue weighted by Gasteiger charge is -2.02. The Kier molecular flexibility index (Phi) is 5.37. The molecule has 0 fully saturated rings. The summed E-state index contributed by atoms with van der Waals surface area (Å²) in [5.41, 5.74) is 6.54. The quantitative estimate of drug-likeness (QED) is 0.549. The number of nitrogen functional groups attached to an aromatic ring is 1. The maximum Gasteiger partial charge on any atom is 0.263 e. The van der Waals surface area contributed by atoms with Crippen molar-refractivity contribution in [2.24, 2.45) is 0 Å². The Morgan fingerprint density at radius 2 is 2.35 bits per heavy atom. The number of amides is 1. The average molecular weight is 271 g/mol. The van der Waals surface area contributed by atoms with Crippen LogP contribution in [0.1, 0.15) is 16.6 Å². The van der Waals surface area contributed by atoms with E-state index in [2.05, 4.69) is 17.2 Å². The molecule has 0 saturated heterocycles. The minimum atomic E-state index is -0.146. The van der Waals surface area contributed by atoms with Crippen LogP contribution in [0, 0.1) is 0 Å². The molecule has 1 heterocycles. The van der Waals surface area contributed by atoms with Crippen LogP contribution in [0.5, 0.6) is 0 Å². The normalized spacial score (nSPS) is 10.0. The fraction of sp³-hybridized carbons (Fsp3) is 0.364. The third-order valence-corrected chi connectivity index (χ3v) is 4.18. The zero-order chi connectivity index (χ0) is 12.8. The third-order valence-electron chi connectivity index (χ3n) is 2.05. The molecule has 1 aromatic heterocycles. The molecule has 4 N–H and O–H groups in total. The maximum atomic E-state index is 11.8. The van der Waals surface area contributed by atoms with Gasteiger partial charge in [0.25, 0.3) is 5.91 Å². The van der Waals surface area contributed by atoms with Crippen LogP contribution in [-0.4, -0.2) is 25.3 Å². The van der Waals surface area contributed by atoms with Gasteiger partial charge in [0.2, 0.25) is 0 Å². The first-order chi connectivity index (χ1) is 8.15. The van der Waals surface area contributed by atoms with Crippen LogP contribution in [0.2, 0.25) is 0 Å². The van der Waals surface area contributed by atoms with Crippen molar-refractivity contribution < 1.29 is 4.79 Å². The Morgan fingerprint density at radius 1 is 1.65 bits per heavy atom. The number of hydrogen-bond donors (Lipinski definition) is 3. The summed E-state index contributed by atoms with van der Waals surface area (Å²) in [7, 11) is 0. The lowest BCUT2D eigenvalue weighted by atomic mass is 10.3. The molecule has 1 aromatic rings. The number of nitrogens with two attached hydrogens (primary N) is 1. The van der Waals surface area contributed by atoms with E-state index in [0.29, 0.717) is 17.1 Å². The molecule has 0 unspecified atom stereocenters. The Bertz CT molecular complexity index is 415. The van der Waals surface area contributed by atoms with Gasteiger partial charge in [-0.15, -0.1) is 29.7 Å². The van der Waals surface area contributed by atoms with Gasteiger partial charge < -0.3 is 16.4 Å². The Morgan fingerprint density at radius 3 is 2.88 bits per heavy atom. The van der Waals surface area contributed by atoms with Crippen LogP contribution in [0.3, 0.4) is 0 Å². The first kappa shape index (κ1) is 13.9. The number of thioether (sulfide) groups is 1. The van der Waals surface area contributed by atoms with E-state index in [-0.39, 0.29) is 5.91 Å². The first-order valence-corrected chi connectivity index (χ1v) is 7.29. The van der Waals surface area contributed by atoms with E-state index in [1.807, 2.05) is 13.2 Å². The molecule has 0 spiro atoms. The van der Waals surface area contributed by atoms with E-state index in [0.717, 1.165) is 16.4 Å². The molecule has 1 rings (SSSR count). The standard InChI is InChI=1S/C11H17N3OS2/c1-4-6-14-10(15)8-7(12)9(16-3)11(17-8)13-5-2/h4,13H,1,5-6,12H2,2-3H3,(H,14,15). The molecule has 0 saturated carbocycles. The van der Waals surface area contributed by atoms with Crippen molar-refractivity contribution >= 4 is 39.7 Å². The molecule has 0 radical (unpaired) electrons. The zero-order valence-corrected chi connectivity index (χ0v) is 11.6. The largest absolute Gasteiger partial charge is 0.396 e. The van der Waals surface area contributed by atoms with E-state index in [1.165, 1.54) is 11.3 Å². The summed E-state index contributed by atoms with van der Waals surface area (Å²) >= 11 is 2.94. The topological polar surface area (TPSA) is 67.2 Å². The van der Waals surface area contributed by atoms with Gasteiger partial charge >= 0.3 is 0 Å². The van der Waals surface area contributed by atoms with Crippen LogP contribution in [0.4, 0.5) is 10.7 Å². The minimum absolute atomic E-state index is 0.146. The molecule has 0 atom stereocenters. The molecule has 0 bridgehead atoms. The predicted octanol–water partition coefficient (Wildman–Crippen LogP) is 2.40. The molecule has 1 amide bonds. The number of carbonyl (C=O) groups excluding carboxylic acids is 1. The second-order valence-corrected chi connectivity index (χ2v) is 5.07. The Hall–Kier alpha value is -1.14. The van der Waals surface area contributed by atoms with E-state index in [1.54, 1.807) is 17.8 Å². The summed E-state index contributed by atoms with van der Waals surface area (Å²) in [4.78, 5) is 13.4. The van der Waals surface area contributed by atoms with Crippen LogP contribution in [0.15, 0.2) is 17.6 Å². The number of nitrogens with one attached hydrogen (secondary N) is 2. The molecule has 0 aliphatic heterocycles. The molecule has 6 heteroatoms. The first-order valence-electron chi connectivity index (χ1n) is 5.24. The smallest absolute Gasteiger partial charge is 0.263 e. The van der Waals surface area contributed by atoms with E-state index in [9.17, 15) is 4.79 Å². The molecule has 0 aliphatic carbocycles. The zero-order valence-electron chi connectivity index (χ0n) is 10.0. The van der Waals surface area contributed by atoms with Gasteiger partial charge in [0.05, 0.1) is 10.6 Å². The van der Waals surface area contributed by atoms with Gasteiger partial charge in [-0.25, -0.2) is 0 Å². The Labute approximate surface area is 110 Å². The van der Waals surface area contributed by atoms with Crippen LogP contribution in [-0.2, 0) is 0 Å². The lowest BCUT2D eigenvalue weighted by Crippen LogP contribution is -2.23. The molecule has 0 aliphatic rings. The Balaban J connectivity index is 2.99. The number of anilines is 2. The van der Waals surface area contributed by atoms with Crippen molar-refractivity contribution in [1.29, 1.82) is 0 Å². The summed E-state index contributed by atoms with van der Waals surface area (Å²) < 4.78 is 0. The molecule has 0 aromatic carbocycles. The number of carbonyl (C=O) groups is 1. The third kappa shape index (κ3) is 3.17. The van der Waals surface area contributed by atoms with E-state index in [4.69, 9.17) is 5.73 Å². The van der Waals surface area contributed by atoms with Gasteiger partial charge in [-0.2, -0.15) is 0 Å². The van der Waals surface area contributed by atoms with Crippen molar-refractivity contribution in [3.8, 4) is 0 Å². The molecule has 17 heavy (non-hydrogen) atoms. The summed E-state index contributed by atoms with van der Waals surface area (Å²) in [5.74, 6) is -0.146. The average Bonchev–Trinajstić information content (AvgIpc) is 2.63. The van der Waals surface area contributed by atoms with Gasteiger partial charge in [0.1, 0.15) is 9.88 Å². The molecular formula is C11H17N3OS2. The highest BCUT2D eigenvalue weighted by atomic mass is 32.2. The molecule has 4 nitrogen and oxygen atoms in total. The van der Waals surface area contributed by atoms with Crippen molar-refractivity contribution in [3.05, 3.63) is 17.5 Å². The summed E-state index contributed by atoms with van der Waals surface area (Å²) in [6.07, 6.45) is 3.59. The van der Waals surface area contributed by atoms with Crippen LogP contribution in [0.25, 0.3) is 0 Å². The maximum absolute atomic E-state index is 11.8. The van der Waals surface area contributed by atoms with Crippen LogP contribution >= 0.6 is 23.1 Å². The second-order valence-electron chi connectivity index (χ2n) is 3.24. The molecule has 94 valence electrons. The summed E-state index contributed by atoms with van der Waals surface area (Å²) in [5, 5.41) is 6.91. The molecular weight excluding hydrogens is 254 g/mol. The highest BCUT2D eigenvalue weighted by Gasteiger charge is 2.19. The van der Waals surface area contributed by atoms with Crippen molar-refractivity contribution in [3.63, 3.8) is 0 Å². The summed E-state index contributed by atoms with van der Waals surface area (Å²) in [6.45, 7) is 6.82. The fourth-order valence-corrected chi connectivity index (χ4v) is 3.34. The van der Waals surface area contributed by atoms with Gasteiger partial charge in [0, 0.05) is 13.1 Å². The number of rotatable bonds is 6. The second kappa shape index (κ2) is 6.56. The van der Waals surface area contributed by atoms with Gasteiger partial charge in [-0.3, -0.25) is 4.79 Å². The highest BCUT2D eigenvalue weighted by Crippen LogP contribution is 2.41. The monoisotopic (exact) mass is 271 g/mol. The van der Waals surface area contributed by atoms with Crippen molar-refractivity contribution in [2.45, 2.75) is 11.8 Å². The number of hydrogen-bond acceptors (Lipinski definition) is 5. The highest BCUT2D eigenvalue weighted by molar-refractivity contribution is 7.99. The van der Waals surface area contributed by atoms with Crippen molar-refractivity contribution in [2.75, 3.05) is 30.4 Å². The number of thiophene rings is 1. The van der Waals surface area contributed by atoms with Crippen LogP contribution < -0.4 is 16.4 Å². The van der Waals surface area contributed by atoms with Gasteiger partial charge in [-0.1, -0.05) is 6.08 Å². The SMILES string of the molecule is C=CCNC(=O)c1sc(NCC)c(SC)c1N. The minimum Gasteiger partial charge on any atom is -0.396 e. The van der Waals surface area contributed by atoms with Gasteiger partial charge in [-0.05, 0) is 13.2 Å². The van der Waals surface area contributed by atoms with Gasteiger partial charge in [0.15, 0.2) is 0 Å².